The molecule has 8 heteroatoms. The minimum Gasteiger partial charge on any atom is -0.493 e. The molecule has 6 nitrogen and oxygen atoms in total. The smallest absolute Gasteiger partial charge is 0.257 e. The van der Waals surface area contributed by atoms with Gasteiger partial charge in [0.25, 0.3) is 11.8 Å². The molecule has 0 aromatic heterocycles. The van der Waals surface area contributed by atoms with E-state index < -0.39 is 0 Å². The Hall–Kier alpha value is -2.06. The summed E-state index contributed by atoms with van der Waals surface area (Å²) in [5.74, 6) is 0.972. The molecule has 0 N–H and O–H groups in total. The highest BCUT2D eigenvalue weighted by molar-refractivity contribution is 9.10. The summed E-state index contributed by atoms with van der Waals surface area (Å²) >= 11 is 6.88. The number of hydrogen-bond acceptors (Lipinski definition) is 4. The highest BCUT2D eigenvalue weighted by Gasteiger charge is 2.26. The molecule has 0 bridgehead atoms. The van der Waals surface area contributed by atoms with E-state index in [4.69, 9.17) is 9.47 Å². The second kappa shape index (κ2) is 11.0. The molecule has 1 fully saturated rings. The number of carbonyl (C=O) groups excluding carboxylic acids is 2. The normalized spacial score (nSPS) is 14.2. The Morgan fingerprint density at radius 2 is 1.19 bits per heavy atom. The number of rotatable bonds is 6. The fraction of sp³-hybridized carbons (Fsp3) is 0.391. The zero-order valence-corrected chi connectivity index (χ0v) is 20.9. The molecule has 1 saturated heterocycles. The standard InChI is InChI=1S/C23H26Br2N2O4/c1-3-30-20-8-6-16(24)14-18(20)22(28)26-10-5-11-27(13-12-26)23(29)19-15-17(25)7-9-21(19)31-4-2/h6-9,14-15H,3-5,10-13H2,1-2H3. The molecule has 0 saturated carbocycles. The van der Waals surface area contributed by atoms with E-state index in [0.29, 0.717) is 68.4 Å². The van der Waals surface area contributed by atoms with Gasteiger partial charge in [-0.3, -0.25) is 9.59 Å². The zero-order valence-electron chi connectivity index (χ0n) is 17.7. The van der Waals surface area contributed by atoms with E-state index >= 15 is 0 Å². The largest absolute Gasteiger partial charge is 0.493 e. The monoisotopic (exact) mass is 552 g/mol. The van der Waals surface area contributed by atoms with Crippen LogP contribution >= 0.6 is 31.9 Å². The van der Waals surface area contributed by atoms with E-state index in [1.54, 1.807) is 34.1 Å². The van der Waals surface area contributed by atoms with Crippen LogP contribution in [0.1, 0.15) is 41.0 Å². The second-order valence-corrected chi connectivity index (χ2v) is 8.92. The summed E-state index contributed by atoms with van der Waals surface area (Å²) in [6.07, 6.45) is 0.702. The van der Waals surface area contributed by atoms with Gasteiger partial charge in [-0.1, -0.05) is 31.9 Å². The van der Waals surface area contributed by atoms with Gasteiger partial charge in [0.15, 0.2) is 0 Å². The molecule has 2 aromatic carbocycles. The van der Waals surface area contributed by atoms with Gasteiger partial charge < -0.3 is 19.3 Å². The maximum atomic E-state index is 13.2. The lowest BCUT2D eigenvalue weighted by molar-refractivity contribution is 0.0714. The number of carbonyl (C=O) groups is 2. The second-order valence-electron chi connectivity index (χ2n) is 7.08. The van der Waals surface area contributed by atoms with Crippen LogP contribution in [0.2, 0.25) is 0 Å². The highest BCUT2D eigenvalue weighted by Crippen LogP contribution is 2.27. The van der Waals surface area contributed by atoms with Crippen LogP contribution in [-0.4, -0.2) is 61.0 Å². The SMILES string of the molecule is CCOc1ccc(Br)cc1C(=O)N1CCCN(C(=O)c2cc(Br)ccc2OCC)CC1. The van der Waals surface area contributed by atoms with Crippen molar-refractivity contribution in [1.29, 1.82) is 0 Å². The van der Waals surface area contributed by atoms with Crippen LogP contribution in [0.3, 0.4) is 0 Å². The van der Waals surface area contributed by atoms with Crippen LogP contribution < -0.4 is 9.47 Å². The fourth-order valence-electron chi connectivity index (χ4n) is 3.57. The molecule has 2 aromatic rings. The summed E-state index contributed by atoms with van der Waals surface area (Å²) in [6, 6.07) is 10.9. The Labute approximate surface area is 199 Å². The Kier molecular flexibility index (Phi) is 8.37. The van der Waals surface area contributed by atoms with Crippen LogP contribution in [-0.2, 0) is 0 Å². The summed E-state index contributed by atoms with van der Waals surface area (Å²) in [6.45, 7) is 6.84. The molecule has 3 rings (SSSR count). The van der Waals surface area contributed by atoms with Gasteiger partial charge in [-0.25, -0.2) is 0 Å². The third-order valence-corrected chi connectivity index (χ3v) is 6.00. The molecule has 0 unspecified atom stereocenters. The van der Waals surface area contributed by atoms with Crippen LogP contribution in [0.25, 0.3) is 0 Å². The van der Waals surface area contributed by atoms with Crippen LogP contribution in [0.5, 0.6) is 11.5 Å². The molecular weight excluding hydrogens is 528 g/mol. The van der Waals surface area contributed by atoms with Crippen molar-refractivity contribution < 1.29 is 19.1 Å². The van der Waals surface area contributed by atoms with E-state index in [0.717, 1.165) is 8.95 Å². The summed E-state index contributed by atoms with van der Waals surface area (Å²) in [5, 5.41) is 0. The van der Waals surface area contributed by atoms with Gasteiger partial charge in [-0.15, -0.1) is 0 Å². The molecule has 166 valence electrons. The molecule has 2 amide bonds. The van der Waals surface area contributed by atoms with E-state index in [2.05, 4.69) is 31.9 Å². The topological polar surface area (TPSA) is 59.1 Å². The van der Waals surface area contributed by atoms with Gasteiger partial charge in [0, 0.05) is 35.1 Å². The predicted molar refractivity (Wildman–Crippen MR) is 127 cm³/mol. The van der Waals surface area contributed by atoms with Crippen molar-refractivity contribution in [1.82, 2.24) is 9.80 Å². The zero-order chi connectivity index (χ0) is 22.4. The first-order chi connectivity index (χ1) is 14.9. The summed E-state index contributed by atoms with van der Waals surface area (Å²) in [5.41, 5.74) is 1.06. The first kappa shape index (κ1) is 23.6. The van der Waals surface area contributed by atoms with Crippen molar-refractivity contribution in [3.05, 3.63) is 56.5 Å². The summed E-state index contributed by atoms with van der Waals surface area (Å²) < 4.78 is 12.9. The Morgan fingerprint density at radius 3 is 1.58 bits per heavy atom. The van der Waals surface area contributed by atoms with E-state index in [9.17, 15) is 9.59 Å². The van der Waals surface area contributed by atoms with E-state index in [1.807, 2.05) is 26.0 Å². The van der Waals surface area contributed by atoms with Gasteiger partial charge in [-0.05, 0) is 56.7 Å². The molecule has 0 atom stereocenters. The van der Waals surface area contributed by atoms with Gasteiger partial charge in [0.05, 0.1) is 24.3 Å². The van der Waals surface area contributed by atoms with Crippen molar-refractivity contribution in [2.24, 2.45) is 0 Å². The number of halogens is 2. The molecule has 0 aliphatic carbocycles. The lowest BCUT2D eigenvalue weighted by Gasteiger charge is -2.24. The van der Waals surface area contributed by atoms with Gasteiger partial charge in [0.2, 0.25) is 0 Å². The lowest BCUT2D eigenvalue weighted by Crippen LogP contribution is -2.37. The van der Waals surface area contributed by atoms with Crippen molar-refractivity contribution in [2.45, 2.75) is 20.3 Å². The van der Waals surface area contributed by atoms with E-state index in [-0.39, 0.29) is 11.8 Å². The Morgan fingerprint density at radius 1 is 0.774 bits per heavy atom. The molecular formula is C23H26Br2N2O4. The molecule has 31 heavy (non-hydrogen) atoms. The van der Waals surface area contributed by atoms with Gasteiger partial charge in [-0.2, -0.15) is 0 Å². The van der Waals surface area contributed by atoms with Crippen LogP contribution in [0, 0.1) is 0 Å². The third kappa shape index (κ3) is 5.80. The molecule has 1 aliphatic rings. The van der Waals surface area contributed by atoms with Crippen molar-refractivity contribution in [2.75, 3.05) is 39.4 Å². The van der Waals surface area contributed by atoms with Gasteiger partial charge >= 0.3 is 0 Å². The third-order valence-electron chi connectivity index (χ3n) is 5.01. The average Bonchev–Trinajstić information content (AvgIpc) is 3.02. The Bertz CT molecular complexity index is 876. The highest BCUT2D eigenvalue weighted by atomic mass is 79.9. The average molecular weight is 554 g/mol. The first-order valence-electron chi connectivity index (χ1n) is 10.4. The molecule has 0 spiro atoms. The number of ether oxygens (including phenoxy) is 2. The number of benzene rings is 2. The molecule has 1 heterocycles. The maximum Gasteiger partial charge on any atom is 0.257 e. The fourth-order valence-corrected chi connectivity index (χ4v) is 4.29. The lowest BCUT2D eigenvalue weighted by atomic mass is 10.1. The number of amides is 2. The van der Waals surface area contributed by atoms with Crippen molar-refractivity contribution in [3.8, 4) is 11.5 Å². The summed E-state index contributed by atoms with van der Waals surface area (Å²) in [4.78, 5) is 30.0. The van der Waals surface area contributed by atoms with Crippen molar-refractivity contribution >= 4 is 43.7 Å². The maximum absolute atomic E-state index is 13.2. The number of nitrogens with zero attached hydrogens (tertiary/aromatic N) is 2. The van der Waals surface area contributed by atoms with Crippen molar-refractivity contribution in [3.63, 3.8) is 0 Å². The minimum absolute atomic E-state index is 0.0866. The Balaban J connectivity index is 1.75. The first-order valence-corrected chi connectivity index (χ1v) is 12.0. The molecule has 1 aliphatic heterocycles. The van der Waals surface area contributed by atoms with Gasteiger partial charge in [0.1, 0.15) is 11.5 Å². The number of hydrogen-bond donors (Lipinski definition) is 0. The predicted octanol–water partition coefficient (Wildman–Crippen LogP) is 5.00. The van der Waals surface area contributed by atoms with Crippen LogP contribution in [0.15, 0.2) is 45.3 Å². The van der Waals surface area contributed by atoms with Crippen LogP contribution in [0.4, 0.5) is 0 Å². The quantitative estimate of drug-likeness (QED) is 0.505. The summed E-state index contributed by atoms with van der Waals surface area (Å²) in [7, 11) is 0. The molecule has 0 radical (unpaired) electrons. The van der Waals surface area contributed by atoms with E-state index in [1.165, 1.54) is 0 Å². The minimum atomic E-state index is -0.0866.